The van der Waals surface area contributed by atoms with E-state index in [9.17, 15) is 19.5 Å². The smallest absolute Gasteiger partial charge is 0.336 e. The lowest BCUT2D eigenvalue weighted by molar-refractivity contribution is 0.0694. The lowest BCUT2D eigenvalue weighted by Gasteiger charge is -2.20. The van der Waals surface area contributed by atoms with Gasteiger partial charge in [-0.05, 0) is 31.3 Å². The summed E-state index contributed by atoms with van der Waals surface area (Å²) in [5, 5.41) is 15.4. The number of halogens is 1. The maximum atomic E-state index is 12.9. The highest BCUT2D eigenvalue weighted by Gasteiger charge is 2.23. The molecule has 0 spiro atoms. The van der Waals surface area contributed by atoms with Crippen LogP contribution in [0.2, 0.25) is 4.34 Å². The van der Waals surface area contributed by atoms with Gasteiger partial charge in [0.25, 0.3) is 11.8 Å². The van der Waals surface area contributed by atoms with Crippen molar-refractivity contribution in [2.45, 2.75) is 19.5 Å². The van der Waals surface area contributed by atoms with Crippen molar-refractivity contribution in [3.8, 4) is 0 Å². The van der Waals surface area contributed by atoms with Gasteiger partial charge in [0.1, 0.15) is 0 Å². The quantitative estimate of drug-likeness (QED) is 0.485. The minimum Gasteiger partial charge on any atom is -0.478 e. The molecule has 3 N–H and O–H groups in total. The highest BCUT2D eigenvalue weighted by atomic mass is 35.5. The molecule has 0 fully saturated rings. The number of nitrogens with one attached hydrogen (secondary N) is 2. The molecule has 4 rings (SSSR count). The van der Waals surface area contributed by atoms with Gasteiger partial charge in [0, 0.05) is 42.2 Å². The molecule has 1 aliphatic heterocycles. The van der Waals surface area contributed by atoms with Crippen molar-refractivity contribution in [2.24, 2.45) is 0 Å². The lowest BCUT2D eigenvalue weighted by Crippen LogP contribution is -2.25. The normalized spacial score (nSPS) is 13.4. The van der Waals surface area contributed by atoms with Crippen LogP contribution in [0.25, 0.3) is 0 Å². The number of rotatable bonds is 6. The van der Waals surface area contributed by atoms with Crippen LogP contribution >= 0.6 is 34.3 Å². The molecule has 3 aromatic rings. The van der Waals surface area contributed by atoms with E-state index in [0.29, 0.717) is 25.5 Å². The Bertz CT molecular complexity index is 1210. The average molecular weight is 491 g/mol. The molecule has 2 aromatic heterocycles. The number of amides is 2. The third kappa shape index (κ3) is 4.83. The third-order valence-electron chi connectivity index (χ3n) is 4.99. The van der Waals surface area contributed by atoms with Crippen molar-refractivity contribution < 1.29 is 19.5 Å². The van der Waals surface area contributed by atoms with Crippen LogP contribution in [0, 0.1) is 0 Å². The number of likely N-dealkylation sites (N-methyl/N-ethyl adjacent to an activating group) is 1. The Kier molecular flexibility index (Phi) is 6.56. The van der Waals surface area contributed by atoms with Crippen LogP contribution in [0.3, 0.4) is 0 Å². The molecule has 32 heavy (non-hydrogen) atoms. The number of benzene rings is 1. The molecule has 1 aromatic carbocycles. The number of carbonyl (C=O) groups is 3. The lowest BCUT2D eigenvalue weighted by atomic mass is 10.0. The Morgan fingerprint density at radius 3 is 2.72 bits per heavy atom. The van der Waals surface area contributed by atoms with Crippen LogP contribution in [0.1, 0.15) is 46.0 Å². The maximum absolute atomic E-state index is 12.9. The van der Waals surface area contributed by atoms with E-state index < -0.39 is 11.9 Å². The fraction of sp³-hybridized carbons (Fsp3) is 0.238. The second-order valence-corrected chi connectivity index (χ2v) is 10.1. The molecule has 0 saturated carbocycles. The first-order chi connectivity index (χ1) is 15.3. The molecule has 0 atom stereocenters. The summed E-state index contributed by atoms with van der Waals surface area (Å²) >= 11 is 8.34. The average Bonchev–Trinajstić information content (AvgIpc) is 3.38. The molecular weight excluding hydrogens is 472 g/mol. The Hall–Kier alpha value is -2.79. The molecule has 3 heterocycles. The van der Waals surface area contributed by atoms with Gasteiger partial charge in [0.05, 0.1) is 20.5 Å². The van der Waals surface area contributed by atoms with E-state index in [-0.39, 0.29) is 18.0 Å². The summed E-state index contributed by atoms with van der Waals surface area (Å²) in [6, 6.07) is 7.79. The monoisotopic (exact) mass is 490 g/mol. The van der Waals surface area contributed by atoms with Gasteiger partial charge >= 0.3 is 5.97 Å². The summed E-state index contributed by atoms with van der Waals surface area (Å²) in [4.78, 5) is 45.1. The summed E-state index contributed by atoms with van der Waals surface area (Å²) in [6.45, 7) is 1.56. The van der Waals surface area contributed by atoms with Crippen LogP contribution < -0.4 is 10.6 Å². The number of carbonyl (C=O) groups excluding carboxylic acids is 2. The van der Waals surface area contributed by atoms with E-state index in [1.807, 2.05) is 7.05 Å². The number of aromatic carboxylic acids is 1. The van der Waals surface area contributed by atoms with Gasteiger partial charge in [-0.25, -0.2) is 9.78 Å². The predicted molar refractivity (Wildman–Crippen MR) is 124 cm³/mol. The fourth-order valence-electron chi connectivity index (χ4n) is 3.38. The summed E-state index contributed by atoms with van der Waals surface area (Å²) < 4.78 is 0.478. The second kappa shape index (κ2) is 9.37. The van der Waals surface area contributed by atoms with Gasteiger partial charge in [-0.2, -0.15) is 0 Å². The van der Waals surface area contributed by atoms with Gasteiger partial charge in [-0.1, -0.05) is 17.7 Å². The van der Waals surface area contributed by atoms with Crippen molar-refractivity contribution in [3.63, 3.8) is 0 Å². The molecule has 166 valence electrons. The molecule has 0 saturated heterocycles. The molecule has 0 aliphatic carbocycles. The summed E-state index contributed by atoms with van der Waals surface area (Å²) in [6.07, 6.45) is 0.786. The number of thiazole rings is 1. The van der Waals surface area contributed by atoms with Gasteiger partial charge in [0.15, 0.2) is 5.01 Å². The van der Waals surface area contributed by atoms with Crippen molar-refractivity contribution in [1.82, 2.24) is 15.2 Å². The zero-order valence-electron chi connectivity index (χ0n) is 17.0. The minimum absolute atomic E-state index is 0.00706. The zero-order valence-corrected chi connectivity index (χ0v) is 19.4. The highest BCUT2D eigenvalue weighted by Crippen LogP contribution is 2.27. The Labute approximate surface area is 196 Å². The fourth-order valence-corrected chi connectivity index (χ4v) is 5.43. The van der Waals surface area contributed by atoms with Crippen LogP contribution in [0.15, 0.2) is 30.3 Å². The molecule has 11 heteroatoms. The van der Waals surface area contributed by atoms with Crippen molar-refractivity contribution in [3.05, 3.63) is 66.3 Å². The van der Waals surface area contributed by atoms with E-state index in [1.165, 1.54) is 17.4 Å². The van der Waals surface area contributed by atoms with Gasteiger partial charge in [0.2, 0.25) is 0 Å². The number of aromatic nitrogens is 1. The van der Waals surface area contributed by atoms with E-state index >= 15 is 0 Å². The maximum Gasteiger partial charge on any atom is 0.336 e. The molecular formula is C21H19ClN4O4S2. The SMILES string of the molecule is CN1CCc2nc(C(=O)Nc3cccc(C(=O)O)c3CNC(=O)c3ccc(Cl)s3)sc2C1. The van der Waals surface area contributed by atoms with Gasteiger partial charge in [-0.15, -0.1) is 22.7 Å². The van der Waals surface area contributed by atoms with Crippen LogP contribution in [-0.2, 0) is 19.5 Å². The molecule has 0 bridgehead atoms. The highest BCUT2D eigenvalue weighted by molar-refractivity contribution is 7.18. The van der Waals surface area contributed by atoms with Crippen molar-refractivity contribution >= 4 is 57.7 Å². The number of carboxylic acid groups (broad SMARTS) is 1. The summed E-state index contributed by atoms with van der Waals surface area (Å²) in [7, 11) is 2.02. The van der Waals surface area contributed by atoms with Gasteiger partial charge in [-0.3, -0.25) is 9.59 Å². The number of hydrogen-bond donors (Lipinski definition) is 3. The summed E-state index contributed by atoms with van der Waals surface area (Å²) in [5.74, 6) is -1.94. The Morgan fingerprint density at radius 2 is 2.00 bits per heavy atom. The standard InChI is InChI=1S/C21H19ClN4O4S2/c1-26-8-7-14-16(10-26)32-20(25-14)19(28)24-13-4-2-3-11(21(29)30)12(13)9-23-18(27)15-5-6-17(22)31-15/h2-6H,7-10H2,1H3,(H,23,27)(H,24,28)(H,29,30). The van der Waals surface area contributed by atoms with Crippen molar-refractivity contribution in [2.75, 3.05) is 18.9 Å². The largest absolute Gasteiger partial charge is 0.478 e. The summed E-state index contributed by atoms with van der Waals surface area (Å²) in [5.41, 5.74) is 1.53. The third-order valence-corrected chi connectivity index (χ3v) is 7.30. The van der Waals surface area contributed by atoms with E-state index in [2.05, 4.69) is 20.5 Å². The molecule has 8 nitrogen and oxygen atoms in total. The molecule has 1 aliphatic rings. The topological polar surface area (TPSA) is 112 Å². The van der Waals surface area contributed by atoms with Crippen LogP contribution in [0.5, 0.6) is 0 Å². The number of carboxylic acids is 1. The molecule has 0 unspecified atom stereocenters. The first-order valence-corrected chi connectivity index (χ1v) is 11.7. The van der Waals surface area contributed by atoms with Crippen LogP contribution in [-0.4, -0.2) is 46.4 Å². The van der Waals surface area contributed by atoms with E-state index in [4.69, 9.17) is 11.6 Å². The minimum atomic E-state index is -1.16. The first-order valence-electron chi connectivity index (χ1n) is 9.69. The van der Waals surface area contributed by atoms with Crippen LogP contribution in [0.4, 0.5) is 5.69 Å². The van der Waals surface area contributed by atoms with E-state index in [0.717, 1.165) is 41.4 Å². The molecule has 0 radical (unpaired) electrons. The number of fused-ring (bicyclic) bond motifs is 1. The first kappa shape index (κ1) is 22.4. The Morgan fingerprint density at radius 1 is 1.19 bits per heavy atom. The Balaban J connectivity index is 1.55. The van der Waals surface area contributed by atoms with Crippen molar-refractivity contribution in [1.29, 1.82) is 0 Å². The zero-order chi connectivity index (χ0) is 22.8. The molecule has 2 amide bonds. The number of anilines is 1. The number of thiophene rings is 1. The van der Waals surface area contributed by atoms with E-state index in [1.54, 1.807) is 24.3 Å². The van der Waals surface area contributed by atoms with Gasteiger partial charge < -0.3 is 20.6 Å². The number of hydrogen-bond acceptors (Lipinski definition) is 7. The second-order valence-electron chi connectivity index (χ2n) is 7.25. The predicted octanol–water partition coefficient (Wildman–Crippen LogP) is 3.73. The number of nitrogens with zero attached hydrogens (tertiary/aromatic N) is 2.